The van der Waals surface area contributed by atoms with Crippen molar-refractivity contribution in [2.45, 2.75) is 0 Å². The van der Waals surface area contributed by atoms with Gasteiger partial charge in [0.2, 0.25) is 0 Å². The van der Waals surface area contributed by atoms with Crippen molar-refractivity contribution < 1.29 is 4.74 Å². The van der Waals surface area contributed by atoms with Gasteiger partial charge in [-0.25, -0.2) is 0 Å². The molecule has 9 heavy (non-hydrogen) atoms. The molecule has 0 aliphatic rings. The molecule has 0 atom stereocenters. The Labute approximate surface area is 54.2 Å². The summed E-state index contributed by atoms with van der Waals surface area (Å²) in [5.41, 5.74) is 5.01. The molecule has 47 valence electrons. The van der Waals surface area contributed by atoms with E-state index in [9.17, 15) is 0 Å². The van der Waals surface area contributed by atoms with E-state index in [0.717, 1.165) is 12.5 Å². The first-order valence-electron chi connectivity index (χ1n) is 2.68. The summed E-state index contributed by atoms with van der Waals surface area (Å²) < 4.78 is 4.86. The minimum absolute atomic E-state index is 0.764. The van der Waals surface area contributed by atoms with Gasteiger partial charge in [-0.3, -0.25) is 5.73 Å². The predicted octanol–water partition coefficient (Wildman–Crippen LogP) is 1.14. The monoisotopic (exact) mass is 122 g/mol. The van der Waals surface area contributed by atoms with Crippen LogP contribution in [0.25, 0.3) is 0 Å². The van der Waals surface area contributed by atoms with Crippen LogP contribution < -0.4 is 10.5 Å². The smallest absolute Gasteiger partial charge is 0.198 e. The molecule has 0 bridgehead atoms. The standard InChI is InChI=1S/C7H8NO/c8-6-9-7-4-2-1-3-5-7/h1-6H,8H2. The van der Waals surface area contributed by atoms with Gasteiger partial charge in [-0.15, -0.1) is 0 Å². The van der Waals surface area contributed by atoms with Crippen molar-refractivity contribution in [2.75, 3.05) is 0 Å². The van der Waals surface area contributed by atoms with Gasteiger partial charge in [0, 0.05) is 0 Å². The highest BCUT2D eigenvalue weighted by molar-refractivity contribution is 5.21. The van der Waals surface area contributed by atoms with E-state index < -0.39 is 0 Å². The third-order valence-corrected chi connectivity index (χ3v) is 0.947. The van der Waals surface area contributed by atoms with E-state index >= 15 is 0 Å². The minimum atomic E-state index is 0.764. The Morgan fingerprint density at radius 2 is 1.89 bits per heavy atom. The molecule has 0 saturated carbocycles. The maximum absolute atomic E-state index is 5.01. The molecule has 0 heterocycles. The van der Waals surface area contributed by atoms with Crippen LogP contribution in [0.3, 0.4) is 0 Å². The van der Waals surface area contributed by atoms with Gasteiger partial charge in [-0.2, -0.15) is 0 Å². The Morgan fingerprint density at radius 1 is 1.22 bits per heavy atom. The number of ether oxygens (including phenoxy) is 1. The minimum Gasteiger partial charge on any atom is -0.470 e. The summed E-state index contributed by atoms with van der Waals surface area (Å²) in [4.78, 5) is 0. The first kappa shape index (κ1) is 6.11. The van der Waals surface area contributed by atoms with E-state index in [1.165, 1.54) is 0 Å². The molecule has 0 aromatic heterocycles. The number of benzene rings is 1. The molecule has 2 nitrogen and oxygen atoms in total. The highest BCUT2D eigenvalue weighted by Gasteiger charge is 1.84. The third-order valence-electron chi connectivity index (χ3n) is 0.947. The summed E-state index contributed by atoms with van der Waals surface area (Å²) in [5, 5.41) is 0. The van der Waals surface area contributed by atoms with Crippen molar-refractivity contribution in [3.05, 3.63) is 37.1 Å². The second kappa shape index (κ2) is 3.10. The van der Waals surface area contributed by atoms with Gasteiger partial charge in [0.05, 0.1) is 0 Å². The summed E-state index contributed by atoms with van der Waals surface area (Å²) >= 11 is 0. The van der Waals surface area contributed by atoms with Crippen LogP contribution in [0.1, 0.15) is 0 Å². The molecule has 0 spiro atoms. The predicted molar refractivity (Wildman–Crippen MR) is 35.6 cm³/mol. The van der Waals surface area contributed by atoms with E-state index in [2.05, 4.69) is 0 Å². The lowest BCUT2D eigenvalue weighted by atomic mass is 10.3. The van der Waals surface area contributed by atoms with E-state index in [1.807, 2.05) is 30.3 Å². The number of hydrogen-bond donors (Lipinski definition) is 1. The Hall–Kier alpha value is -1.02. The van der Waals surface area contributed by atoms with Gasteiger partial charge in [-0.1, -0.05) is 18.2 Å². The zero-order valence-corrected chi connectivity index (χ0v) is 4.95. The quantitative estimate of drug-likeness (QED) is 0.638. The van der Waals surface area contributed by atoms with Crippen LogP contribution in [0.15, 0.2) is 30.3 Å². The van der Waals surface area contributed by atoms with E-state index in [0.29, 0.717) is 0 Å². The maximum atomic E-state index is 5.01. The molecule has 0 amide bonds. The molecule has 0 aliphatic heterocycles. The topological polar surface area (TPSA) is 35.2 Å². The molecule has 1 radical (unpaired) electrons. The Bertz CT molecular complexity index is 162. The zero-order chi connectivity index (χ0) is 6.53. The Morgan fingerprint density at radius 3 is 2.44 bits per heavy atom. The van der Waals surface area contributed by atoms with Crippen LogP contribution in [-0.4, -0.2) is 0 Å². The Kier molecular flexibility index (Phi) is 2.10. The maximum Gasteiger partial charge on any atom is 0.198 e. The van der Waals surface area contributed by atoms with Crippen LogP contribution in [0, 0.1) is 6.73 Å². The average molecular weight is 122 g/mol. The van der Waals surface area contributed by atoms with Crippen LogP contribution >= 0.6 is 0 Å². The molecule has 0 aliphatic carbocycles. The molecule has 1 aromatic carbocycles. The number of hydrogen-bond acceptors (Lipinski definition) is 2. The van der Waals surface area contributed by atoms with Crippen LogP contribution in [0.5, 0.6) is 5.75 Å². The first-order valence-corrected chi connectivity index (χ1v) is 2.68. The molecular weight excluding hydrogens is 114 g/mol. The second-order valence-corrected chi connectivity index (χ2v) is 1.57. The highest BCUT2D eigenvalue weighted by atomic mass is 16.5. The largest absolute Gasteiger partial charge is 0.470 e. The summed E-state index contributed by atoms with van der Waals surface area (Å²) in [6.45, 7) is 1.16. The van der Waals surface area contributed by atoms with Crippen molar-refractivity contribution in [3.63, 3.8) is 0 Å². The molecule has 2 N–H and O–H groups in total. The SMILES string of the molecule is N[CH]Oc1ccccc1. The fourth-order valence-electron chi connectivity index (χ4n) is 0.578. The number of para-hydroxylation sites is 1. The molecule has 0 fully saturated rings. The van der Waals surface area contributed by atoms with Crippen molar-refractivity contribution >= 4 is 0 Å². The van der Waals surface area contributed by atoms with Crippen molar-refractivity contribution in [1.29, 1.82) is 0 Å². The third kappa shape index (κ3) is 1.74. The molecular formula is C7H8NO. The molecule has 2 heteroatoms. The summed E-state index contributed by atoms with van der Waals surface area (Å²) in [6.07, 6.45) is 0. The van der Waals surface area contributed by atoms with Crippen LogP contribution in [0.4, 0.5) is 0 Å². The lowest BCUT2D eigenvalue weighted by Crippen LogP contribution is -1.98. The average Bonchev–Trinajstić information content (AvgIpc) is 1.91. The summed E-state index contributed by atoms with van der Waals surface area (Å²) in [5.74, 6) is 0.764. The second-order valence-electron chi connectivity index (χ2n) is 1.57. The van der Waals surface area contributed by atoms with Gasteiger partial charge < -0.3 is 4.74 Å². The highest BCUT2D eigenvalue weighted by Crippen LogP contribution is 2.07. The zero-order valence-electron chi connectivity index (χ0n) is 4.95. The van der Waals surface area contributed by atoms with E-state index in [1.54, 1.807) is 0 Å². The molecule has 0 saturated heterocycles. The fraction of sp³-hybridized carbons (Fsp3) is 0. The van der Waals surface area contributed by atoms with Gasteiger partial charge in [0.15, 0.2) is 6.73 Å². The lowest BCUT2D eigenvalue weighted by Gasteiger charge is -1.97. The van der Waals surface area contributed by atoms with Crippen LogP contribution in [0.2, 0.25) is 0 Å². The first-order chi connectivity index (χ1) is 4.43. The van der Waals surface area contributed by atoms with Crippen molar-refractivity contribution in [3.8, 4) is 5.75 Å². The fourth-order valence-corrected chi connectivity index (χ4v) is 0.578. The number of nitrogens with two attached hydrogens (primary N) is 1. The van der Waals surface area contributed by atoms with Gasteiger partial charge in [0.1, 0.15) is 5.75 Å². The van der Waals surface area contributed by atoms with E-state index in [4.69, 9.17) is 10.5 Å². The van der Waals surface area contributed by atoms with Gasteiger partial charge >= 0.3 is 0 Å². The van der Waals surface area contributed by atoms with Gasteiger partial charge in [0.25, 0.3) is 0 Å². The molecule has 1 aromatic rings. The number of rotatable bonds is 2. The molecule has 1 rings (SSSR count). The Balaban J connectivity index is 2.61. The van der Waals surface area contributed by atoms with Crippen molar-refractivity contribution in [1.82, 2.24) is 0 Å². The normalized spacial score (nSPS) is 9.00. The summed E-state index contributed by atoms with van der Waals surface area (Å²) in [6, 6.07) is 9.37. The van der Waals surface area contributed by atoms with Crippen LogP contribution in [-0.2, 0) is 0 Å². The lowest BCUT2D eigenvalue weighted by molar-refractivity contribution is 0.408. The summed E-state index contributed by atoms with van der Waals surface area (Å²) in [7, 11) is 0. The molecule has 0 unspecified atom stereocenters. The van der Waals surface area contributed by atoms with E-state index in [-0.39, 0.29) is 0 Å². The van der Waals surface area contributed by atoms with Gasteiger partial charge in [-0.05, 0) is 12.1 Å². The van der Waals surface area contributed by atoms with Crippen molar-refractivity contribution in [2.24, 2.45) is 5.73 Å².